The first kappa shape index (κ1) is 16.0. The number of nitrogens with zero attached hydrogens (tertiary/aromatic N) is 1. The molecular weight excluding hydrogens is 240 g/mol. The number of aromatic hydroxyl groups is 1. The average Bonchev–Trinajstić information content (AvgIpc) is 2.39. The van der Waals surface area contributed by atoms with Crippen LogP contribution in [0.25, 0.3) is 0 Å². The quantitative estimate of drug-likeness (QED) is 0.671. The van der Waals surface area contributed by atoms with E-state index < -0.39 is 0 Å². The maximum absolute atomic E-state index is 9.84. The Morgan fingerprint density at radius 2 is 2.00 bits per heavy atom. The first-order chi connectivity index (χ1) is 9.15. The molecule has 1 unspecified atom stereocenters. The van der Waals surface area contributed by atoms with Crippen molar-refractivity contribution in [1.29, 1.82) is 0 Å². The Balaban J connectivity index is 2.28. The summed E-state index contributed by atoms with van der Waals surface area (Å²) in [7, 11) is 4.07. The number of nitrogens with one attached hydrogen (secondary N) is 1. The molecule has 1 atom stereocenters. The van der Waals surface area contributed by atoms with Gasteiger partial charge < -0.3 is 20.1 Å². The van der Waals surface area contributed by atoms with E-state index in [2.05, 4.69) is 17.1 Å². The fourth-order valence-corrected chi connectivity index (χ4v) is 1.91. The van der Waals surface area contributed by atoms with Crippen LogP contribution < -0.4 is 5.32 Å². The maximum Gasteiger partial charge on any atom is 0.120 e. The molecular formula is C15H26N2O2. The molecule has 0 aliphatic rings. The van der Waals surface area contributed by atoms with Crippen molar-refractivity contribution in [3.05, 3.63) is 29.8 Å². The van der Waals surface area contributed by atoms with E-state index in [1.807, 2.05) is 32.3 Å². The van der Waals surface area contributed by atoms with Gasteiger partial charge in [-0.1, -0.05) is 25.1 Å². The number of para-hydroxylation sites is 1. The van der Waals surface area contributed by atoms with Gasteiger partial charge >= 0.3 is 0 Å². The van der Waals surface area contributed by atoms with Gasteiger partial charge in [-0.15, -0.1) is 0 Å². The van der Waals surface area contributed by atoms with Crippen LogP contribution in [0, 0.1) is 0 Å². The Morgan fingerprint density at radius 3 is 2.63 bits per heavy atom. The summed E-state index contributed by atoms with van der Waals surface area (Å²) in [6.45, 7) is 5.29. The van der Waals surface area contributed by atoms with Crippen LogP contribution in [0.3, 0.4) is 0 Å². The van der Waals surface area contributed by atoms with Gasteiger partial charge in [0.25, 0.3) is 0 Å². The molecule has 0 aliphatic carbocycles. The molecule has 0 heterocycles. The number of rotatable bonds is 9. The lowest BCUT2D eigenvalue weighted by atomic mass is 10.0. The molecule has 0 saturated heterocycles. The SMILES string of the molecule is CCC(NCCOCCN(C)C)c1ccccc1O. The molecule has 2 N–H and O–H groups in total. The van der Waals surface area contributed by atoms with Crippen LogP contribution in [0.5, 0.6) is 5.75 Å². The van der Waals surface area contributed by atoms with Gasteiger partial charge in [0.2, 0.25) is 0 Å². The van der Waals surface area contributed by atoms with Gasteiger partial charge in [0, 0.05) is 24.7 Å². The normalized spacial score (nSPS) is 12.8. The van der Waals surface area contributed by atoms with E-state index in [-0.39, 0.29) is 6.04 Å². The molecule has 0 radical (unpaired) electrons. The fraction of sp³-hybridized carbons (Fsp3) is 0.600. The minimum Gasteiger partial charge on any atom is -0.508 e. The highest BCUT2D eigenvalue weighted by Gasteiger charge is 2.11. The van der Waals surface area contributed by atoms with Crippen molar-refractivity contribution in [2.45, 2.75) is 19.4 Å². The zero-order valence-corrected chi connectivity index (χ0v) is 12.2. The van der Waals surface area contributed by atoms with Gasteiger partial charge in [-0.3, -0.25) is 0 Å². The van der Waals surface area contributed by atoms with Gasteiger partial charge in [-0.25, -0.2) is 0 Å². The molecule has 4 nitrogen and oxygen atoms in total. The second-order valence-electron chi connectivity index (χ2n) is 4.89. The van der Waals surface area contributed by atoms with Crippen molar-refractivity contribution >= 4 is 0 Å². The predicted molar refractivity (Wildman–Crippen MR) is 78.5 cm³/mol. The smallest absolute Gasteiger partial charge is 0.120 e. The van der Waals surface area contributed by atoms with Crippen LogP contribution in [0.4, 0.5) is 0 Å². The van der Waals surface area contributed by atoms with Crippen molar-refractivity contribution in [3.63, 3.8) is 0 Å². The third-order valence-corrected chi connectivity index (χ3v) is 3.04. The Hall–Kier alpha value is -1.10. The number of phenolic OH excluding ortho intramolecular Hbond substituents is 1. The summed E-state index contributed by atoms with van der Waals surface area (Å²) >= 11 is 0. The van der Waals surface area contributed by atoms with Gasteiger partial charge in [-0.05, 0) is 26.6 Å². The summed E-state index contributed by atoms with van der Waals surface area (Å²) in [6, 6.07) is 7.66. The predicted octanol–water partition coefficient (Wildman–Crippen LogP) is 2.01. The van der Waals surface area contributed by atoms with E-state index in [4.69, 9.17) is 4.74 Å². The van der Waals surface area contributed by atoms with E-state index in [1.54, 1.807) is 6.07 Å². The molecule has 0 amide bonds. The highest BCUT2D eigenvalue weighted by molar-refractivity contribution is 5.34. The monoisotopic (exact) mass is 266 g/mol. The summed E-state index contributed by atoms with van der Waals surface area (Å²) in [5.74, 6) is 0.357. The summed E-state index contributed by atoms with van der Waals surface area (Å²) in [5.41, 5.74) is 0.957. The van der Waals surface area contributed by atoms with E-state index in [0.717, 1.165) is 31.7 Å². The Morgan fingerprint density at radius 1 is 1.26 bits per heavy atom. The van der Waals surface area contributed by atoms with Crippen LogP contribution in [-0.4, -0.2) is 50.4 Å². The number of hydrogen-bond acceptors (Lipinski definition) is 4. The molecule has 0 aromatic heterocycles. The molecule has 0 fully saturated rings. The lowest BCUT2D eigenvalue weighted by Crippen LogP contribution is -2.26. The van der Waals surface area contributed by atoms with Gasteiger partial charge in [0.15, 0.2) is 0 Å². The topological polar surface area (TPSA) is 44.7 Å². The molecule has 0 bridgehead atoms. The van der Waals surface area contributed by atoms with Crippen molar-refractivity contribution in [1.82, 2.24) is 10.2 Å². The summed E-state index contributed by atoms with van der Waals surface area (Å²) in [4.78, 5) is 2.10. The van der Waals surface area contributed by atoms with Crippen LogP contribution in [0.1, 0.15) is 24.9 Å². The largest absolute Gasteiger partial charge is 0.508 e. The molecule has 1 rings (SSSR count). The lowest BCUT2D eigenvalue weighted by Gasteiger charge is -2.18. The van der Waals surface area contributed by atoms with Gasteiger partial charge in [0.1, 0.15) is 5.75 Å². The number of likely N-dealkylation sites (N-methyl/N-ethyl adjacent to an activating group) is 1. The Bertz CT molecular complexity index is 356. The van der Waals surface area contributed by atoms with Crippen molar-refractivity contribution in [3.8, 4) is 5.75 Å². The number of benzene rings is 1. The molecule has 0 saturated carbocycles. The van der Waals surface area contributed by atoms with Gasteiger partial charge in [-0.2, -0.15) is 0 Å². The molecule has 4 heteroatoms. The number of hydrogen-bond donors (Lipinski definition) is 2. The average molecular weight is 266 g/mol. The summed E-state index contributed by atoms with van der Waals surface area (Å²) < 4.78 is 5.54. The highest BCUT2D eigenvalue weighted by Crippen LogP contribution is 2.25. The van der Waals surface area contributed by atoms with Crippen LogP contribution >= 0.6 is 0 Å². The minimum absolute atomic E-state index is 0.179. The third-order valence-electron chi connectivity index (χ3n) is 3.04. The van der Waals surface area contributed by atoms with Crippen molar-refractivity contribution < 1.29 is 9.84 Å². The molecule has 0 aliphatic heterocycles. The second-order valence-corrected chi connectivity index (χ2v) is 4.89. The molecule has 108 valence electrons. The van der Waals surface area contributed by atoms with E-state index in [0.29, 0.717) is 12.4 Å². The molecule has 1 aromatic rings. The Kier molecular flexibility index (Phi) is 7.48. The zero-order chi connectivity index (χ0) is 14.1. The molecule has 19 heavy (non-hydrogen) atoms. The standard InChI is InChI=1S/C15H26N2O2/c1-4-14(13-7-5-6-8-15(13)18)16-9-11-19-12-10-17(2)3/h5-8,14,16,18H,4,9-12H2,1-3H3. The van der Waals surface area contributed by atoms with Crippen molar-refractivity contribution in [2.24, 2.45) is 0 Å². The van der Waals surface area contributed by atoms with Crippen LogP contribution in [0.2, 0.25) is 0 Å². The van der Waals surface area contributed by atoms with E-state index >= 15 is 0 Å². The van der Waals surface area contributed by atoms with Gasteiger partial charge in [0.05, 0.1) is 13.2 Å². The summed E-state index contributed by atoms with van der Waals surface area (Å²) in [6.07, 6.45) is 0.940. The molecule has 1 aromatic carbocycles. The van der Waals surface area contributed by atoms with E-state index in [1.165, 1.54) is 0 Å². The summed E-state index contributed by atoms with van der Waals surface area (Å²) in [5, 5.41) is 13.3. The molecule has 0 spiro atoms. The lowest BCUT2D eigenvalue weighted by molar-refractivity contribution is 0.117. The Labute approximate surface area is 116 Å². The number of phenols is 1. The fourth-order valence-electron chi connectivity index (χ4n) is 1.91. The van der Waals surface area contributed by atoms with Crippen molar-refractivity contribution in [2.75, 3.05) is 40.4 Å². The van der Waals surface area contributed by atoms with E-state index in [9.17, 15) is 5.11 Å². The van der Waals surface area contributed by atoms with Crippen LogP contribution in [0.15, 0.2) is 24.3 Å². The highest BCUT2D eigenvalue weighted by atomic mass is 16.5. The van der Waals surface area contributed by atoms with Crippen LogP contribution in [-0.2, 0) is 4.74 Å². The second kappa shape index (κ2) is 8.91. The number of ether oxygens (including phenoxy) is 1. The minimum atomic E-state index is 0.179. The maximum atomic E-state index is 9.84. The zero-order valence-electron chi connectivity index (χ0n) is 12.2. The third kappa shape index (κ3) is 6.05. The first-order valence-corrected chi connectivity index (χ1v) is 6.89. The first-order valence-electron chi connectivity index (χ1n) is 6.89.